The number of anilines is 3. The third-order valence-corrected chi connectivity index (χ3v) is 5.30. The molecule has 4 rings (SSSR count). The van der Waals surface area contributed by atoms with E-state index in [1.165, 1.54) is 19.2 Å². The molecule has 2 aromatic rings. The Morgan fingerprint density at radius 2 is 1.63 bits per heavy atom. The molecule has 2 fully saturated rings. The van der Waals surface area contributed by atoms with Crippen LogP contribution in [0.25, 0.3) is 0 Å². The van der Waals surface area contributed by atoms with Crippen molar-refractivity contribution >= 4 is 17.6 Å². The Morgan fingerprint density at radius 3 is 2.33 bits per heavy atom. The van der Waals surface area contributed by atoms with Crippen LogP contribution in [0, 0.1) is 12.7 Å². The first kappa shape index (κ1) is 17.9. The van der Waals surface area contributed by atoms with Gasteiger partial charge in [0.15, 0.2) is 11.6 Å². The number of hydrogen-bond donors (Lipinski definition) is 0. The van der Waals surface area contributed by atoms with Gasteiger partial charge in [0.1, 0.15) is 12.1 Å². The van der Waals surface area contributed by atoms with Crippen molar-refractivity contribution in [3.63, 3.8) is 0 Å². The Kier molecular flexibility index (Phi) is 5.05. The minimum Gasteiger partial charge on any atom is -0.353 e. The van der Waals surface area contributed by atoms with Crippen LogP contribution in [0.4, 0.5) is 22.0 Å². The van der Waals surface area contributed by atoms with Crippen LogP contribution in [-0.4, -0.2) is 59.2 Å². The minimum absolute atomic E-state index is 0.289. The van der Waals surface area contributed by atoms with E-state index >= 15 is 0 Å². The summed E-state index contributed by atoms with van der Waals surface area (Å²) in [6.07, 6.45) is 4.44. The van der Waals surface area contributed by atoms with Crippen LogP contribution in [0.5, 0.6) is 0 Å². The van der Waals surface area contributed by atoms with E-state index in [1.807, 2.05) is 24.8 Å². The molecule has 0 bridgehead atoms. The van der Waals surface area contributed by atoms with Gasteiger partial charge in [-0.1, -0.05) is 6.92 Å². The van der Waals surface area contributed by atoms with E-state index in [1.54, 1.807) is 0 Å². The number of rotatable bonds is 4. The molecule has 0 saturated carbocycles. The fraction of sp³-hybridized carbons (Fsp3) is 0.579. The van der Waals surface area contributed by atoms with Crippen molar-refractivity contribution < 1.29 is 4.39 Å². The molecule has 2 saturated heterocycles. The number of hydrogen-bond acceptors (Lipinski definition) is 7. The van der Waals surface area contributed by atoms with Crippen molar-refractivity contribution in [2.45, 2.75) is 33.1 Å². The summed E-state index contributed by atoms with van der Waals surface area (Å²) in [4.78, 5) is 24.1. The second-order valence-electron chi connectivity index (χ2n) is 7.15. The maximum Gasteiger partial charge on any atom is 0.227 e. The summed E-state index contributed by atoms with van der Waals surface area (Å²) < 4.78 is 14.5. The number of halogens is 1. The third-order valence-electron chi connectivity index (χ3n) is 5.30. The average Bonchev–Trinajstić information content (AvgIpc) is 3.23. The summed E-state index contributed by atoms with van der Waals surface area (Å²) in [7, 11) is 0. The van der Waals surface area contributed by atoms with E-state index in [4.69, 9.17) is 4.98 Å². The van der Waals surface area contributed by atoms with Crippen molar-refractivity contribution in [3.8, 4) is 0 Å². The van der Waals surface area contributed by atoms with Crippen LogP contribution in [0.2, 0.25) is 0 Å². The number of aryl methyl sites for hydroxylation is 2. The highest BCUT2D eigenvalue weighted by Crippen LogP contribution is 2.24. The SMILES string of the molecule is CCc1ncnc(N2CCN(c3cc(C)nc(N4CCCC4)n3)CC2)c1F. The van der Waals surface area contributed by atoms with Gasteiger partial charge in [-0.15, -0.1) is 0 Å². The summed E-state index contributed by atoms with van der Waals surface area (Å²) >= 11 is 0. The van der Waals surface area contributed by atoms with E-state index in [9.17, 15) is 4.39 Å². The number of aromatic nitrogens is 4. The molecule has 0 unspecified atom stereocenters. The van der Waals surface area contributed by atoms with Gasteiger partial charge in [0, 0.05) is 51.0 Å². The molecular weight excluding hydrogens is 345 g/mol. The molecule has 0 radical (unpaired) electrons. The smallest absolute Gasteiger partial charge is 0.227 e. The molecule has 0 N–H and O–H groups in total. The molecule has 2 aromatic heterocycles. The average molecular weight is 371 g/mol. The standard InChI is InChI=1S/C19H26FN7/c1-3-15-17(20)18(22-13-21-15)26-10-8-25(9-11-26)16-12-14(2)23-19(24-16)27-6-4-5-7-27/h12-13H,3-11H2,1-2H3. The van der Waals surface area contributed by atoms with Crippen LogP contribution in [0.3, 0.4) is 0 Å². The second kappa shape index (κ2) is 7.62. The molecule has 2 aliphatic heterocycles. The Hall–Kier alpha value is -2.51. The largest absolute Gasteiger partial charge is 0.353 e. The normalized spacial score (nSPS) is 17.7. The second-order valence-corrected chi connectivity index (χ2v) is 7.15. The van der Waals surface area contributed by atoms with Crippen molar-refractivity contribution in [1.29, 1.82) is 0 Å². The monoisotopic (exact) mass is 371 g/mol. The van der Waals surface area contributed by atoms with Crippen molar-refractivity contribution in [3.05, 3.63) is 29.6 Å². The molecule has 0 aromatic carbocycles. The molecule has 7 nitrogen and oxygen atoms in total. The summed E-state index contributed by atoms with van der Waals surface area (Å²) in [5, 5.41) is 0. The molecule has 4 heterocycles. The molecule has 27 heavy (non-hydrogen) atoms. The molecule has 0 amide bonds. The van der Waals surface area contributed by atoms with E-state index in [0.29, 0.717) is 31.0 Å². The predicted molar refractivity (Wildman–Crippen MR) is 104 cm³/mol. The highest BCUT2D eigenvalue weighted by atomic mass is 19.1. The number of nitrogens with zero attached hydrogens (tertiary/aromatic N) is 7. The zero-order valence-electron chi connectivity index (χ0n) is 16.0. The fourth-order valence-corrected chi connectivity index (χ4v) is 3.77. The topological polar surface area (TPSA) is 61.3 Å². The predicted octanol–water partition coefficient (Wildman–Crippen LogP) is 2.20. The lowest BCUT2D eigenvalue weighted by atomic mass is 10.2. The van der Waals surface area contributed by atoms with Gasteiger partial charge in [-0.3, -0.25) is 0 Å². The van der Waals surface area contributed by atoms with Gasteiger partial charge in [0.2, 0.25) is 5.95 Å². The Bertz CT molecular complexity index is 799. The first-order chi connectivity index (χ1) is 13.2. The van der Waals surface area contributed by atoms with Gasteiger partial charge in [-0.25, -0.2) is 19.3 Å². The molecular formula is C19H26FN7. The van der Waals surface area contributed by atoms with Crippen LogP contribution in [0.15, 0.2) is 12.4 Å². The zero-order chi connectivity index (χ0) is 18.8. The van der Waals surface area contributed by atoms with Gasteiger partial charge < -0.3 is 14.7 Å². The Balaban J connectivity index is 1.48. The fourth-order valence-electron chi connectivity index (χ4n) is 3.77. The molecule has 0 aliphatic carbocycles. The summed E-state index contributed by atoms with van der Waals surface area (Å²) in [5.74, 6) is 1.92. The van der Waals surface area contributed by atoms with Crippen LogP contribution < -0.4 is 14.7 Å². The van der Waals surface area contributed by atoms with Gasteiger partial charge in [0.05, 0.1) is 5.69 Å². The summed E-state index contributed by atoms with van der Waals surface area (Å²) in [6, 6.07) is 2.04. The van der Waals surface area contributed by atoms with Crippen LogP contribution in [-0.2, 0) is 6.42 Å². The Labute approximate surface area is 159 Å². The minimum atomic E-state index is -0.289. The molecule has 0 spiro atoms. The lowest BCUT2D eigenvalue weighted by Crippen LogP contribution is -2.47. The maximum atomic E-state index is 14.5. The quantitative estimate of drug-likeness (QED) is 0.816. The van der Waals surface area contributed by atoms with Crippen LogP contribution in [0.1, 0.15) is 31.2 Å². The van der Waals surface area contributed by atoms with Gasteiger partial charge in [0.25, 0.3) is 0 Å². The molecule has 8 heteroatoms. The highest BCUT2D eigenvalue weighted by molar-refractivity contribution is 5.49. The first-order valence-electron chi connectivity index (χ1n) is 9.75. The van der Waals surface area contributed by atoms with Crippen molar-refractivity contribution in [1.82, 2.24) is 19.9 Å². The summed E-state index contributed by atoms with van der Waals surface area (Å²) in [6.45, 7) is 8.96. The van der Waals surface area contributed by atoms with E-state index in [2.05, 4.69) is 24.8 Å². The van der Waals surface area contributed by atoms with E-state index < -0.39 is 0 Å². The zero-order valence-corrected chi connectivity index (χ0v) is 16.0. The van der Waals surface area contributed by atoms with Gasteiger partial charge in [-0.2, -0.15) is 4.98 Å². The lowest BCUT2D eigenvalue weighted by Gasteiger charge is -2.36. The van der Waals surface area contributed by atoms with Crippen LogP contribution >= 0.6 is 0 Å². The maximum absolute atomic E-state index is 14.5. The Morgan fingerprint density at radius 1 is 0.926 bits per heavy atom. The first-order valence-corrected chi connectivity index (χ1v) is 9.75. The molecule has 2 aliphatic rings. The molecule has 144 valence electrons. The highest BCUT2D eigenvalue weighted by Gasteiger charge is 2.24. The lowest BCUT2D eigenvalue weighted by molar-refractivity contribution is 0.567. The van der Waals surface area contributed by atoms with E-state index in [-0.39, 0.29) is 5.82 Å². The van der Waals surface area contributed by atoms with E-state index in [0.717, 1.165) is 43.6 Å². The third kappa shape index (κ3) is 3.65. The molecule has 0 atom stereocenters. The van der Waals surface area contributed by atoms with Gasteiger partial charge in [-0.05, 0) is 26.2 Å². The van der Waals surface area contributed by atoms with Crippen molar-refractivity contribution in [2.24, 2.45) is 0 Å². The number of piperazine rings is 1. The van der Waals surface area contributed by atoms with Gasteiger partial charge >= 0.3 is 0 Å². The summed E-state index contributed by atoms with van der Waals surface area (Å²) in [5.41, 5.74) is 1.46. The van der Waals surface area contributed by atoms with Crippen molar-refractivity contribution in [2.75, 3.05) is 54.0 Å².